The number of nitrogen functional groups attached to an aromatic ring is 1. The first kappa shape index (κ1) is 15.1. The van der Waals surface area contributed by atoms with Crippen LogP contribution < -0.4 is 15.8 Å². The van der Waals surface area contributed by atoms with Crippen LogP contribution in [0.25, 0.3) is 0 Å². The number of carbonyl (C=O) groups is 1. The van der Waals surface area contributed by atoms with Gasteiger partial charge in [0.05, 0.1) is 17.7 Å². The number of anilines is 2. The first-order chi connectivity index (χ1) is 9.92. The minimum Gasteiger partial charge on any atom is -0.495 e. The van der Waals surface area contributed by atoms with Gasteiger partial charge in [-0.05, 0) is 42.8 Å². The third-order valence-electron chi connectivity index (χ3n) is 2.93. The maximum Gasteiger partial charge on any atom is 0.258 e. The number of rotatable bonds is 3. The molecule has 0 bridgehead atoms. The number of hydrogen-bond donors (Lipinski definition) is 2. The van der Waals surface area contributed by atoms with E-state index in [0.29, 0.717) is 27.7 Å². The van der Waals surface area contributed by atoms with Gasteiger partial charge in [-0.3, -0.25) is 4.79 Å². The fourth-order valence-corrected chi connectivity index (χ4v) is 2.16. The molecule has 0 heterocycles. The van der Waals surface area contributed by atoms with Gasteiger partial charge in [0.15, 0.2) is 0 Å². The van der Waals surface area contributed by atoms with Gasteiger partial charge in [0.2, 0.25) is 0 Å². The molecule has 0 atom stereocenters. The van der Waals surface area contributed by atoms with Crippen molar-refractivity contribution in [3.8, 4) is 5.75 Å². The lowest BCUT2D eigenvalue weighted by Crippen LogP contribution is -2.15. The number of hydrogen-bond acceptors (Lipinski definition) is 3. The van der Waals surface area contributed by atoms with Crippen LogP contribution in [-0.2, 0) is 0 Å². The van der Waals surface area contributed by atoms with Crippen LogP contribution in [0, 0.1) is 12.7 Å². The summed E-state index contributed by atoms with van der Waals surface area (Å²) in [6.07, 6.45) is 0. The van der Waals surface area contributed by atoms with Gasteiger partial charge in [0, 0.05) is 11.4 Å². The second-order valence-corrected chi connectivity index (χ2v) is 4.91. The summed E-state index contributed by atoms with van der Waals surface area (Å²) < 4.78 is 19.0. The number of nitrogens with one attached hydrogen (secondary N) is 1. The quantitative estimate of drug-likeness (QED) is 0.851. The van der Waals surface area contributed by atoms with E-state index in [0.717, 1.165) is 0 Å². The van der Waals surface area contributed by atoms with Crippen LogP contribution in [0.3, 0.4) is 0 Å². The smallest absolute Gasteiger partial charge is 0.258 e. The average Bonchev–Trinajstić information content (AvgIpc) is 2.43. The van der Waals surface area contributed by atoms with Gasteiger partial charge in [-0.15, -0.1) is 0 Å². The maximum absolute atomic E-state index is 14.0. The molecule has 0 radical (unpaired) electrons. The molecule has 3 N–H and O–H groups in total. The van der Waals surface area contributed by atoms with E-state index < -0.39 is 11.7 Å². The van der Waals surface area contributed by atoms with Crippen LogP contribution in [0.2, 0.25) is 5.02 Å². The Hall–Kier alpha value is -2.27. The molecule has 0 saturated carbocycles. The first-order valence-corrected chi connectivity index (χ1v) is 6.50. The number of aryl methyl sites for hydroxylation is 1. The van der Waals surface area contributed by atoms with Crippen molar-refractivity contribution in [3.05, 3.63) is 52.3 Å². The average molecular weight is 309 g/mol. The third kappa shape index (κ3) is 3.25. The normalized spacial score (nSPS) is 10.3. The number of methoxy groups -OCH3 is 1. The predicted octanol–water partition coefficient (Wildman–Crippen LogP) is 3.63. The van der Waals surface area contributed by atoms with Gasteiger partial charge in [0.25, 0.3) is 5.91 Å². The Labute approximate surface area is 126 Å². The van der Waals surface area contributed by atoms with Crippen LogP contribution in [0.15, 0.2) is 30.3 Å². The molecule has 0 saturated heterocycles. The first-order valence-electron chi connectivity index (χ1n) is 6.13. The van der Waals surface area contributed by atoms with Gasteiger partial charge in [-0.1, -0.05) is 11.6 Å². The van der Waals surface area contributed by atoms with Crippen molar-refractivity contribution in [2.75, 3.05) is 18.2 Å². The van der Waals surface area contributed by atoms with Crippen LogP contribution in [0.5, 0.6) is 5.75 Å². The Morgan fingerprint density at radius 2 is 2.05 bits per heavy atom. The topological polar surface area (TPSA) is 64.3 Å². The van der Waals surface area contributed by atoms with Gasteiger partial charge >= 0.3 is 0 Å². The van der Waals surface area contributed by atoms with Crippen molar-refractivity contribution in [3.63, 3.8) is 0 Å². The predicted molar refractivity (Wildman–Crippen MR) is 81.5 cm³/mol. The summed E-state index contributed by atoms with van der Waals surface area (Å²) in [7, 11) is 1.49. The van der Waals surface area contributed by atoms with Crippen molar-refractivity contribution in [1.29, 1.82) is 0 Å². The maximum atomic E-state index is 14.0. The number of halogens is 2. The van der Waals surface area contributed by atoms with Crippen molar-refractivity contribution in [2.24, 2.45) is 0 Å². The Morgan fingerprint density at radius 3 is 2.67 bits per heavy atom. The van der Waals surface area contributed by atoms with E-state index in [1.165, 1.54) is 25.3 Å². The molecule has 2 aromatic carbocycles. The zero-order chi connectivity index (χ0) is 15.6. The summed E-state index contributed by atoms with van der Waals surface area (Å²) >= 11 is 5.97. The third-order valence-corrected chi connectivity index (χ3v) is 3.23. The highest BCUT2D eigenvalue weighted by Crippen LogP contribution is 2.27. The Morgan fingerprint density at radius 1 is 1.33 bits per heavy atom. The highest BCUT2D eigenvalue weighted by atomic mass is 35.5. The molecule has 2 rings (SSSR count). The summed E-state index contributed by atoms with van der Waals surface area (Å²) in [5.74, 6) is -0.703. The Kier molecular flexibility index (Phi) is 4.33. The van der Waals surface area contributed by atoms with Crippen molar-refractivity contribution < 1.29 is 13.9 Å². The number of nitrogens with two attached hydrogens (primary N) is 1. The zero-order valence-electron chi connectivity index (χ0n) is 11.5. The zero-order valence-corrected chi connectivity index (χ0v) is 12.3. The molecule has 6 heteroatoms. The summed E-state index contributed by atoms with van der Waals surface area (Å²) in [4.78, 5) is 12.1. The van der Waals surface area contributed by atoms with E-state index in [9.17, 15) is 9.18 Å². The van der Waals surface area contributed by atoms with E-state index in [1.807, 2.05) is 0 Å². The molecule has 0 aliphatic carbocycles. The van der Waals surface area contributed by atoms with Crippen LogP contribution in [0.1, 0.15) is 15.9 Å². The second-order valence-electron chi connectivity index (χ2n) is 4.50. The lowest BCUT2D eigenvalue weighted by molar-refractivity contribution is 0.102. The minimum absolute atomic E-state index is 0.112. The summed E-state index contributed by atoms with van der Waals surface area (Å²) in [6, 6.07) is 7.51. The summed E-state index contributed by atoms with van der Waals surface area (Å²) in [5.41, 5.74) is 6.60. The van der Waals surface area contributed by atoms with Gasteiger partial charge in [0.1, 0.15) is 11.6 Å². The number of benzene rings is 2. The van der Waals surface area contributed by atoms with Gasteiger partial charge < -0.3 is 15.8 Å². The molecule has 0 fully saturated rings. The highest BCUT2D eigenvalue weighted by molar-refractivity contribution is 6.32. The monoisotopic (exact) mass is 308 g/mol. The molecule has 0 spiro atoms. The standard InChI is InChI=1S/C15H14ClFN2O2/c1-8-5-9(18)6-11(14(8)17)15(20)19-10-3-4-13(21-2)12(16)7-10/h3-7H,18H2,1-2H3,(H,19,20). The minimum atomic E-state index is -0.596. The van der Waals surface area contributed by atoms with Crippen molar-refractivity contribution in [1.82, 2.24) is 0 Å². The Bertz CT molecular complexity index is 704. The fourth-order valence-electron chi connectivity index (χ4n) is 1.91. The van der Waals surface area contributed by atoms with Crippen LogP contribution in [0.4, 0.5) is 15.8 Å². The lowest BCUT2D eigenvalue weighted by atomic mass is 10.1. The van der Waals surface area contributed by atoms with Crippen molar-refractivity contribution >= 4 is 28.9 Å². The SMILES string of the molecule is COc1ccc(NC(=O)c2cc(N)cc(C)c2F)cc1Cl. The van der Waals surface area contributed by atoms with Crippen molar-refractivity contribution in [2.45, 2.75) is 6.92 Å². The molecule has 110 valence electrons. The van der Waals surface area contributed by atoms with E-state index in [1.54, 1.807) is 19.1 Å². The molecule has 2 aromatic rings. The van der Waals surface area contributed by atoms with E-state index in [2.05, 4.69) is 5.32 Å². The molecule has 21 heavy (non-hydrogen) atoms. The van der Waals surface area contributed by atoms with E-state index >= 15 is 0 Å². The second kappa shape index (κ2) is 6.01. The largest absolute Gasteiger partial charge is 0.495 e. The number of carbonyl (C=O) groups excluding carboxylic acids is 1. The van der Waals surface area contributed by atoms with Crippen LogP contribution in [-0.4, -0.2) is 13.0 Å². The fraction of sp³-hybridized carbons (Fsp3) is 0.133. The molecule has 0 aliphatic rings. The van der Waals surface area contributed by atoms with Gasteiger partial charge in [-0.2, -0.15) is 0 Å². The summed E-state index contributed by atoms with van der Waals surface area (Å²) in [6.45, 7) is 1.55. The number of ether oxygens (including phenoxy) is 1. The highest BCUT2D eigenvalue weighted by Gasteiger charge is 2.15. The van der Waals surface area contributed by atoms with Crippen LogP contribution >= 0.6 is 11.6 Å². The molecule has 0 unspecified atom stereocenters. The molecular weight excluding hydrogens is 295 g/mol. The molecular formula is C15H14ClFN2O2. The van der Waals surface area contributed by atoms with E-state index in [-0.39, 0.29) is 5.56 Å². The lowest BCUT2D eigenvalue weighted by Gasteiger charge is -2.10. The van der Waals surface area contributed by atoms with Gasteiger partial charge in [-0.25, -0.2) is 4.39 Å². The summed E-state index contributed by atoms with van der Waals surface area (Å²) in [5, 5.41) is 2.92. The Balaban J connectivity index is 2.28. The number of amides is 1. The van der Waals surface area contributed by atoms with E-state index in [4.69, 9.17) is 22.1 Å². The molecule has 1 amide bonds. The molecule has 0 aliphatic heterocycles. The molecule has 4 nitrogen and oxygen atoms in total. The molecule has 0 aromatic heterocycles.